The predicted octanol–water partition coefficient (Wildman–Crippen LogP) is 3.92. The molecule has 0 aromatic heterocycles. The molecule has 2 aromatic carbocycles. The number of fused-ring (bicyclic) bond motifs is 2. The molecule has 0 heterocycles. The van der Waals surface area contributed by atoms with Crippen LogP contribution < -0.4 is 5.32 Å². The van der Waals surface area contributed by atoms with Crippen molar-refractivity contribution in [2.45, 2.75) is 26.2 Å². The van der Waals surface area contributed by atoms with Crippen LogP contribution in [0, 0.1) is 23.7 Å². The third-order valence-corrected chi connectivity index (χ3v) is 6.45. The summed E-state index contributed by atoms with van der Waals surface area (Å²) in [6.07, 6.45) is 2.71. The number of benzene rings is 2. The highest BCUT2D eigenvalue weighted by Gasteiger charge is 2.54. The minimum Gasteiger partial charge on any atom is -0.455 e. The normalized spacial score (nSPS) is 23.9. The van der Waals surface area contributed by atoms with Crippen LogP contribution in [0.3, 0.4) is 0 Å². The number of hydrogen-bond acceptors (Lipinski definition) is 5. The van der Waals surface area contributed by atoms with E-state index in [0.717, 1.165) is 19.3 Å². The zero-order valence-corrected chi connectivity index (χ0v) is 17.4. The molecule has 2 bridgehead atoms. The average molecular weight is 419 g/mol. The Bertz CT molecular complexity index is 1020. The van der Waals surface area contributed by atoms with Crippen LogP contribution in [0.4, 0.5) is 5.69 Å². The second kappa shape index (κ2) is 8.84. The number of carbonyl (C=O) groups is 4. The second-order valence-electron chi connectivity index (χ2n) is 8.41. The molecule has 31 heavy (non-hydrogen) atoms. The summed E-state index contributed by atoms with van der Waals surface area (Å²) < 4.78 is 5.34. The van der Waals surface area contributed by atoms with E-state index in [1.54, 1.807) is 36.4 Å². The van der Waals surface area contributed by atoms with Crippen molar-refractivity contribution in [3.8, 4) is 0 Å². The Morgan fingerprint density at radius 2 is 1.58 bits per heavy atom. The number of amides is 1. The summed E-state index contributed by atoms with van der Waals surface area (Å²) in [5, 5.41) is 2.64. The quantitative estimate of drug-likeness (QED) is 0.543. The Kier molecular flexibility index (Phi) is 5.98. The fourth-order valence-electron chi connectivity index (χ4n) is 5.05. The maximum Gasteiger partial charge on any atom is 0.310 e. The molecule has 0 aliphatic heterocycles. The van der Waals surface area contributed by atoms with Gasteiger partial charge in [0.25, 0.3) is 5.91 Å². The smallest absolute Gasteiger partial charge is 0.310 e. The van der Waals surface area contributed by atoms with Crippen LogP contribution in [-0.2, 0) is 14.3 Å². The molecule has 0 radical (unpaired) electrons. The number of ether oxygens (including phenoxy) is 1. The Hall–Kier alpha value is -3.28. The molecule has 2 aromatic rings. The second-order valence-corrected chi connectivity index (χ2v) is 8.41. The molecule has 160 valence electrons. The molecule has 6 nitrogen and oxygen atoms in total. The van der Waals surface area contributed by atoms with Crippen molar-refractivity contribution < 1.29 is 23.9 Å². The lowest BCUT2D eigenvalue weighted by molar-refractivity contribution is -0.154. The van der Waals surface area contributed by atoms with E-state index in [0.29, 0.717) is 16.8 Å². The van der Waals surface area contributed by atoms with Gasteiger partial charge in [-0.3, -0.25) is 19.2 Å². The molecular weight excluding hydrogens is 394 g/mol. The van der Waals surface area contributed by atoms with Gasteiger partial charge in [0.1, 0.15) is 0 Å². The number of anilines is 1. The number of rotatable bonds is 7. The van der Waals surface area contributed by atoms with Crippen molar-refractivity contribution >= 4 is 29.1 Å². The topological polar surface area (TPSA) is 89.5 Å². The van der Waals surface area contributed by atoms with E-state index in [-0.39, 0.29) is 29.3 Å². The maximum absolute atomic E-state index is 13.1. The zero-order valence-electron chi connectivity index (χ0n) is 17.4. The average Bonchev–Trinajstić information content (AvgIpc) is 3.39. The molecule has 2 saturated carbocycles. The fraction of sp³-hybridized carbons (Fsp3) is 0.360. The number of carbonyl (C=O) groups excluding carboxylic acids is 4. The third-order valence-electron chi connectivity index (χ3n) is 6.45. The van der Waals surface area contributed by atoms with E-state index >= 15 is 0 Å². The van der Waals surface area contributed by atoms with E-state index in [9.17, 15) is 19.2 Å². The van der Waals surface area contributed by atoms with Crippen molar-refractivity contribution in [2.75, 3.05) is 11.9 Å². The first kappa shape index (κ1) is 21.0. The monoisotopic (exact) mass is 419 g/mol. The minimum atomic E-state index is -0.500. The summed E-state index contributed by atoms with van der Waals surface area (Å²) >= 11 is 0. The number of esters is 1. The van der Waals surface area contributed by atoms with Crippen LogP contribution in [0.25, 0.3) is 0 Å². The van der Waals surface area contributed by atoms with Crippen LogP contribution in [-0.4, -0.2) is 30.0 Å². The molecular formula is C25H25NO5. The SMILES string of the molecule is CC(=O)c1cccc(NC(=O)COC(=O)[C@H]2[C@H]3CC[C@@H](C3)[C@@H]2C(=O)c2ccccc2)c1. The molecule has 2 aliphatic rings. The van der Waals surface area contributed by atoms with Gasteiger partial charge in [-0.2, -0.15) is 0 Å². The van der Waals surface area contributed by atoms with Gasteiger partial charge in [-0.1, -0.05) is 42.5 Å². The van der Waals surface area contributed by atoms with Crippen molar-refractivity contribution in [2.24, 2.45) is 23.7 Å². The largest absolute Gasteiger partial charge is 0.455 e. The van der Waals surface area contributed by atoms with Crippen LogP contribution in [0.5, 0.6) is 0 Å². The summed E-state index contributed by atoms with van der Waals surface area (Å²) in [4.78, 5) is 49.7. The van der Waals surface area contributed by atoms with Gasteiger partial charge in [0.05, 0.1) is 5.92 Å². The van der Waals surface area contributed by atoms with Crippen molar-refractivity contribution in [3.63, 3.8) is 0 Å². The van der Waals surface area contributed by atoms with Gasteiger partial charge < -0.3 is 10.1 Å². The summed E-state index contributed by atoms with van der Waals surface area (Å²) in [5.41, 5.74) is 1.56. The van der Waals surface area contributed by atoms with E-state index in [4.69, 9.17) is 4.74 Å². The summed E-state index contributed by atoms with van der Waals surface area (Å²) in [6.45, 7) is 1.02. The molecule has 4 rings (SSSR count). The number of ketones is 2. The van der Waals surface area contributed by atoms with Gasteiger partial charge in [-0.05, 0) is 50.2 Å². The molecule has 0 spiro atoms. The van der Waals surface area contributed by atoms with Crippen LogP contribution in [0.15, 0.2) is 54.6 Å². The van der Waals surface area contributed by atoms with Gasteiger partial charge in [0.15, 0.2) is 18.2 Å². The molecule has 4 atom stereocenters. The molecule has 2 fully saturated rings. The Labute approximate surface area is 181 Å². The Morgan fingerprint density at radius 1 is 0.903 bits per heavy atom. The van der Waals surface area contributed by atoms with Gasteiger partial charge in [0.2, 0.25) is 0 Å². The van der Waals surface area contributed by atoms with Crippen molar-refractivity contribution in [1.29, 1.82) is 0 Å². The van der Waals surface area contributed by atoms with Gasteiger partial charge in [-0.25, -0.2) is 0 Å². The highest BCUT2D eigenvalue weighted by Crippen LogP contribution is 2.53. The Balaban J connectivity index is 1.39. The van der Waals surface area contributed by atoms with Crippen LogP contribution in [0.2, 0.25) is 0 Å². The van der Waals surface area contributed by atoms with Gasteiger partial charge in [0, 0.05) is 22.7 Å². The predicted molar refractivity (Wildman–Crippen MR) is 115 cm³/mol. The highest BCUT2D eigenvalue weighted by atomic mass is 16.5. The summed E-state index contributed by atoms with van der Waals surface area (Å²) in [7, 11) is 0. The van der Waals surface area contributed by atoms with E-state index < -0.39 is 24.4 Å². The Morgan fingerprint density at radius 3 is 2.29 bits per heavy atom. The van der Waals surface area contributed by atoms with Crippen molar-refractivity contribution in [1.82, 2.24) is 0 Å². The van der Waals surface area contributed by atoms with E-state index in [2.05, 4.69) is 5.32 Å². The molecule has 2 aliphatic carbocycles. The first-order valence-corrected chi connectivity index (χ1v) is 10.6. The summed E-state index contributed by atoms with van der Waals surface area (Å²) in [6, 6.07) is 15.6. The fourth-order valence-corrected chi connectivity index (χ4v) is 5.05. The standard InChI is InChI=1S/C25H25NO5/c1-15(27)17-8-5-9-20(13-17)26-21(28)14-31-25(30)23-19-11-10-18(12-19)22(23)24(29)16-6-3-2-4-7-16/h2-9,13,18-19,22-23H,10-12,14H2,1H3,(H,26,28)/t18-,19-,22-,23-/m0/s1. The molecule has 1 N–H and O–H groups in total. The highest BCUT2D eigenvalue weighted by molar-refractivity contribution is 6.01. The van der Waals surface area contributed by atoms with Crippen LogP contribution in [0.1, 0.15) is 46.9 Å². The lowest BCUT2D eigenvalue weighted by Gasteiger charge is -2.28. The molecule has 6 heteroatoms. The van der Waals surface area contributed by atoms with Crippen LogP contribution >= 0.6 is 0 Å². The molecule has 0 unspecified atom stereocenters. The lowest BCUT2D eigenvalue weighted by Crippen LogP contribution is -2.37. The van der Waals surface area contributed by atoms with E-state index in [1.807, 2.05) is 18.2 Å². The minimum absolute atomic E-state index is 0.0137. The number of Topliss-reactive ketones (excluding diaryl/α,β-unsaturated/α-hetero) is 2. The third kappa shape index (κ3) is 4.43. The first-order chi connectivity index (χ1) is 14.9. The summed E-state index contributed by atoms with van der Waals surface area (Å²) in [5.74, 6) is -1.64. The van der Waals surface area contributed by atoms with Gasteiger partial charge in [-0.15, -0.1) is 0 Å². The lowest BCUT2D eigenvalue weighted by atomic mass is 9.75. The van der Waals surface area contributed by atoms with E-state index in [1.165, 1.54) is 6.92 Å². The van der Waals surface area contributed by atoms with Gasteiger partial charge >= 0.3 is 5.97 Å². The number of nitrogens with one attached hydrogen (secondary N) is 1. The maximum atomic E-state index is 13.1. The van der Waals surface area contributed by atoms with Crippen molar-refractivity contribution in [3.05, 3.63) is 65.7 Å². The molecule has 1 amide bonds. The zero-order chi connectivity index (χ0) is 22.0. The first-order valence-electron chi connectivity index (χ1n) is 10.6. The number of hydrogen-bond donors (Lipinski definition) is 1. The molecule has 0 saturated heterocycles.